The van der Waals surface area contributed by atoms with E-state index in [0.29, 0.717) is 11.8 Å². The van der Waals surface area contributed by atoms with Crippen LogP contribution in [0.25, 0.3) is 0 Å². The fraction of sp³-hybridized carbons (Fsp3) is 0.571. The van der Waals surface area contributed by atoms with Gasteiger partial charge >= 0.3 is 0 Å². The molecule has 0 spiro atoms. The lowest BCUT2D eigenvalue weighted by Crippen LogP contribution is -2.30. The standard InChI is InChI=1S/C14H22FNO/c1-11(2)13(10-17)9-16-7-6-12-4-3-5-14(15)8-12/h3-5,8,11,13,16-17H,6-7,9-10H2,1-2H3. The molecule has 0 bridgehead atoms. The van der Waals surface area contributed by atoms with Crippen molar-refractivity contribution < 1.29 is 9.50 Å². The van der Waals surface area contributed by atoms with Crippen molar-refractivity contribution in [1.29, 1.82) is 0 Å². The Kier molecular flexibility index (Phi) is 6.16. The summed E-state index contributed by atoms with van der Waals surface area (Å²) in [4.78, 5) is 0. The zero-order valence-corrected chi connectivity index (χ0v) is 10.6. The van der Waals surface area contributed by atoms with E-state index >= 15 is 0 Å². The van der Waals surface area contributed by atoms with E-state index in [1.54, 1.807) is 12.1 Å². The summed E-state index contributed by atoms with van der Waals surface area (Å²) in [5.41, 5.74) is 1.00. The fourth-order valence-corrected chi connectivity index (χ4v) is 1.72. The van der Waals surface area contributed by atoms with Crippen molar-refractivity contribution in [3.8, 4) is 0 Å². The summed E-state index contributed by atoms with van der Waals surface area (Å²) >= 11 is 0. The van der Waals surface area contributed by atoms with E-state index in [9.17, 15) is 4.39 Å². The highest BCUT2D eigenvalue weighted by Gasteiger charge is 2.10. The van der Waals surface area contributed by atoms with Gasteiger partial charge in [0.1, 0.15) is 5.82 Å². The molecule has 0 saturated heterocycles. The molecule has 0 amide bonds. The summed E-state index contributed by atoms with van der Waals surface area (Å²) in [7, 11) is 0. The second-order valence-corrected chi connectivity index (χ2v) is 4.77. The Labute approximate surface area is 103 Å². The van der Waals surface area contributed by atoms with E-state index in [1.807, 2.05) is 6.07 Å². The summed E-state index contributed by atoms with van der Waals surface area (Å²) in [6.07, 6.45) is 0.813. The third kappa shape index (κ3) is 5.29. The van der Waals surface area contributed by atoms with Gasteiger partial charge in [0.05, 0.1) is 0 Å². The maximum absolute atomic E-state index is 12.9. The van der Waals surface area contributed by atoms with Crippen molar-refractivity contribution in [1.82, 2.24) is 5.32 Å². The molecule has 1 rings (SSSR count). The summed E-state index contributed by atoms with van der Waals surface area (Å²) in [6, 6.07) is 6.68. The molecule has 0 fully saturated rings. The minimum atomic E-state index is -0.182. The van der Waals surface area contributed by atoms with Crippen LogP contribution in [0.1, 0.15) is 19.4 Å². The van der Waals surface area contributed by atoms with E-state index in [0.717, 1.165) is 25.1 Å². The first-order valence-electron chi connectivity index (χ1n) is 6.19. The van der Waals surface area contributed by atoms with Crippen LogP contribution in [0.3, 0.4) is 0 Å². The van der Waals surface area contributed by atoms with Gasteiger partial charge in [-0.2, -0.15) is 0 Å². The topological polar surface area (TPSA) is 32.3 Å². The van der Waals surface area contributed by atoms with E-state index in [1.165, 1.54) is 6.07 Å². The number of aliphatic hydroxyl groups excluding tert-OH is 1. The van der Waals surface area contributed by atoms with Gasteiger partial charge in [-0.3, -0.25) is 0 Å². The highest BCUT2D eigenvalue weighted by atomic mass is 19.1. The summed E-state index contributed by atoms with van der Waals surface area (Å²) in [5.74, 6) is 0.585. The first-order chi connectivity index (χ1) is 8.13. The molecular weight excluding hydrogens is 217 g/mol. The molecule has 0 aliphatic rings. The smallest absolute Gasteiger partial charge is 0.123 e. The third-order valence-corrected chi connectivity index (χ3v) is 3.06. The highest BCUT2D eigenvalue weighted by molar-refractivity contribution is 5.16. The molecular formula is C14H22FNO. The molecule has 0 aromatic heterocycles. The van der Waals surface area contributed by atoms with E-state index in [2.05, 4.69) is 19.2 Å². The Balaban J connectivity index is 2.24. The first-order valence-corrected chi connectivity index (χ1v) is 6.19. The maximum atomic E-state index is 12.9. The Hall–Kier alpha value is -0.930. The molecule has 17 heavy (non-hydrogen) atoms. The molecule has 2 N–H and O–H groups in total. The van der Waals surface area contributed by atoms with Gasteiger partial charge in [0, 0.05) is 13.2 Å². The zero-order valence-electron chi connectivity index (χ0n) is 10.6. The molecule has 0 saturated carbocycles. The lowest BCUT2D eigenvalue weighted by molar-refractivity contribution is 0.186. The first kappa shape index (κ1) is 14.1. The summed E-state index contributed by atoms with van der Waals surface area (Å²) in [5, 5.41) is 12.5. The van der Waals surface area contributed by atoms with E-state index in [-0.39, 0.29) is 12.4 Å². The molecule has 0 aliphatic heterocycles. The monoisotopic (exact) mass is 239 g/mol. The van der Waals surface area contributed by atoms with Crippen molar-refractivity contribution in [2.45, 2.75) is 20.3 Å². The van der Waals surface area contributed by atoms with Crippen LogP contribution in [0.2, 0.25) is 0 Å². The molecule has 0 aliphatic carbocycles. The van der Waals surface area contributed by atoms with E-state index < -0.39 is 0 Å². The van der Waals surface area contributed by atoms with Crippen LogP contribution in [0, 0.1) is 17.7 Å². The van der Waals surface area contributed by atoms with Crippen LogP contribution in [0.4, 0.5) is 4.39 Å². The quantitative estimate of drug-likeness (QED) is 0.715. The molecule has 0 heterocycles. The number of aliphatic hydroxyl groups is 1. The molecule has 2 nitrogen and oxygen atoms in total. The predicted octanol–water partition coefficient (Wildman–Crippen LogP) is 2.22. The largest absolute Gasteiger partial charge is 0.396 e. The number of benzene rings is 1. The average Bonchev–Trinajstić information content (AvgIpc) is 2.28. The highest BCUT2D eigenvalue weighted by Crippen LogP contribution is 2.08. The van der Waals surface area contributed by atoms with Crippen LogP contribution in [0.5, 0.6) is 0 Å². The Bertz CT molecular complexity index is 328. The second-order valence-electron chi connectivity index (χ2n) is 4.77. The summed E-state index contributed by atoms with van der Waals surface area (Å²) in [6.45, 7) is 6.05. The van der Waals surface area contributed by atoms with Gasteiger partial charge in [-0.15, -0.1) is 0 Å². The van der Waals surface area contributed by atoms with Crippen LogP contribution in [0.15, 0.2) is 24.3 Å². The van der Waals surface area contributed by atoms with Crippen LogP contribution in [-0.2, 0) is 6.42 Å². The van der Waals surface area contributed by atoms with Crippen molar-refractivity contribution in [2.75, 3.05) is 19.7 Å². The average molecular weight is 239 g/mol. The van der Waals surface area contributed by atoms with Gasteiger partial charge in [0.2, 0.25) is 0 Å². The number of hydrogen-bond acceptors (Lipinski definition) is 2. The lowest BCUT2D eigenvalue weighted by atomic mass is 9.97. The van der Waals surface area contributed by atoms with Gasteiger partial charge in [0.25, 0.3) is 0 Å². The second kappa shape index (κ2) is 7.41. The number of rotatable bonds is 7. The minimum absolute atomic E-state index is 0.182. The van der Waals surface area contributed by atoms with Gasteiger partial charge in [-0.25, -0.2) is 4.39 Å². The SMILES string of the molecule is CC(C)C(CO)CNCCc1cccc(F)c1. The number of hydrogen-bond donors (Lipinski definition) is 2. The van der Waals surface area contributed by atoms with Gasteiger partial charge in [-0.1, -0.05) is 26.0 Å². The third-order valence-electron chi connectivity index (χ3n) is 3.06. The van der Waals surface area contributed by atoms with Crippen molar-refractivity contribution >= 4 is 0 Å². The fourth-order valence-electron chi connectivity index (χ4n) is 1.72. The summed E-state index contributed by atoms with van der Waals surface area (Å²) < 4.78 is 12.9. The Morgan fingerprint density at radius 1 is 1.35 bits per heavy atom. The zero-order chi connectivity index (χ0) is 12.7. The maximum Gasteiger partial charge on any atom is 0.123 e. The van der Waals surface area contributed by atoms with E-state index in [4.69, 9.17) is 5.11 Å². The Morgan fingerprint density at radius 3 is 2.71 bits per heavy atom. The van der Waals surface area contributed by atoms with Gasteiger partial charge in [-0.05, 0) is 42.5 Å². The van der Waals surface area contributed by atoms with Crippen molar-refractivity contribution in [3.05, 3.63) is 35.6 Å². The van der Waals surface area contributed by atoms with Gasteiger partial charge < -0.3 is 10.4 Å². The number of halogens is 1. The molecule has 3 heteroatoms. The molecule has 0 radical (unpaired) electrons. The molecule has 1 unspecified atom stereocenters. The van der Waals surface area contributed by atoms with Crippen molar-refractivity contribution in [3.63, 3.8) is 0 Å². The van der Waals surface area contributed by atoms with Crippen molar-refractivity contribution in [2.24, 2.45) is 11.8 Å². The molecule has 1 atom stereocenters. The molecule has 1 aromatic rings. The number of nitrogens with one attached hydrogen (secondary N) is 1. The normalized spacial score (nSPS) is 13.0. The molecule has 96 valence electrons. The lowest BCUT2D eigenvalue weighted by Gasteiger charge is -2.18. The van der Waals surface area contributed by atoms with Crippen LogP contribution in [-0.4, -0.2) is 24.8 Å². The Morgan fingerprint density at radius 2 is 2.12 bits per heavy atom. The minimum Gasteiger partial charge on any atom is -0.396 e. The van der Waals surface area contributed by atoms with Crippen LogP contribution < -0.4 is 5.32 Å². The molecule has 1 aromatic carbocycles. The predicted molar refractivity (Wildman–Crippen MR) is 68.4 cm³/mol. The van der Waals surface area contributed by atoms with Crippen LogP contribution >= 0.6 is 0 Å². The van der Waals surface area contributed by atoms with Gasteiger partial charge in [0.15, 0.2) is 0 Å².